The number of halogens is 1. The maximum absolute atomic E-state index is 13.0. The second kappa shape index (κ2) is 8.02. The first-order chi connectivity index (χ1) is 12.0. The molecule has 0 spiro atoms. The van der Waals surface area contributed by atoms with E-state index in [0.29, 0.717) is 6.54 Å². The molecule has 0 radical (unpaired) electrons. The molecule has 0 unspecified atom stereocenters. The lowest BCUT2D eigenvalue weighted by Crippen LogP contribution is -2.43. The lowest BCUT2D eigenvalue weighted by atomic mass is 9.84. The summed E-state index contributed by atoms with van der Waals surface area (Å²) < 4.78 is 1.09. The van der Waals surface area contributed by atoms with Gasteiger partial charge < -0.3 is 4.90 Å². The van der Waals surface area contributed by atoms with Gasteiger partial charge in [0.15, 0.2) is 5.13 Å². The Morgan fingerprint density at radius 3 is 2.60 bits per heavy atom. The molecule has 2 aromatic rings. The largest absolute Gasteiger partial charge is 0.302 e. The zero-order valence-corrected chi connectivity index (χ0v) is 16.8. The second-order valence-corrected chi connectivity index (χ2v) is 8.08. The van der Waals surface area contributed by atoms with Crippen LogP contribution in [0, 0.1) is 12.8 Å². The van der Waals surface area contributed by atoms with Gasteiger partial charge in [0.2, 0.25) is 5.91 Å². The fourth-order valence-corrected chi connectivity index (χ4v) is 4.37. The van der Waals surface area contributed by atoms with Gasteiger partial charge in [-0.15, -0.1) is 0 Å². The minimum Gasteiger partial charge on any atom is -0.302 e. The number of nitrogens with zero attached hydrogens (tertiary/aromatic N) is 3. The standard InChI is InChI=1S/C19H26ClN3OS/c1-4-22(5-2)11-12-23(18(24)14-7-6-8-14)19-21-17-13(3)15(20)9-10-16(17)25-19/h9-10,14H,4-8,11-12H2,1-3H3. The van der Waals surface area contributed by atoms with Crippen molar-refractivity contribution in [1.82, 2.24) is 9.88 Å². The molecule has 136 valence electrons. The Kier molecular flexibility index (Phi) is 5.97. The van der Waals surface area contributed by atoms with Gasteiger partial charge in [0.05, 0.1) is 10.2 Å². The number of carbonyl (C=O) groups is 1. The Bertz CT molecular complexity index is 752. The molecule has 0 aliphatic heterocycles. The summed E-state index contributed by atoms with van der Waals surface area (Å²) in [4.78, 5) is 22.0. The fraction of sp³-hybridized carbons (Fsp3) is 0.579. The molecule has 6 heteroatoms. The zero-order valence-electron chi connectivity index (χ0n) is 15.2. The Hall–Kier alpha value is -1.17. The Labute approximate surface area is 158 Å². The van der Waals surface area contributed by atoms with Gasteiger partial charge in [-0.05, 0) is 50.6 Å². The first-order valence-electron chi connectivity index (χ1n) is 9.14. The minimum absolute atomic E-state index is 0.174. The van der Waals surface area contributed by atoms with E-state index in [1.165, 1.54) is 0 Å². The molecule has 1 saturated carbocycles. The van der Waals surface area contributed by atoms with Crippen LogP contribution in [0.5, 0.6) is 0 Å². The molecule has 3 rings (SSSR count). The summed E-state index contributed by atoms with van der Waals surface area (Å²) in [6.07, 6.45) is 3.18. The minimum atomic E-state index is 0.174. The van der Waals surface area contributed by atoms with E-state index >= 15 is 0 Å². The molecule has 1 heterocycles. The van der Waals surface area contributed by atoms with Crippen LogP contribution in [0.1, 0.15) is 38.7 Å². The Morgan fingerprint density at radius 1 is 1.28 bits per heavy atom. The number of fused-ring (bicyclic) bond motifs is 1. The number of carbonyl (C=O) groups excluding carboxylic acids is 1. The molecule has 1 aromatic carbocycles. The highest BCUT2D eigenvalue weighted by Crippen LogP contribution is 2.36. The van der Waals surface area contributed by atoms with Gasteiger partial charge in [-0.2, -0.15) is 0 Å². The first-order valence-corrected chi connectivity index (χ1v) is 10.3. The van der Waals surface area contributed by atoms with E-state index in [1.54, 1.807) is 11.3 Å². The van der Waals surface area contributed by atoms with Crippen molar-refractivity contribution in [2.75, 3.05) is 31.1 Å². The highest BCUT2D eigenvalue weighted by molar-refractivity contribution is 7.22. The first kappa shape index (κ1) is 18.6. The van der Waals surface area contributed by atoms with Gasteiger partial charge >= 0.3 is 0 Å². The van der Waals surface area contributed by atoms with E-state index in [9.17, 15) is 4.79 Å². The van der Waals surface area contributed by atoms with Crippen molar-refractivity contribution in [1.29, 1.82) is 0 Å². The molecule has 1 aromatic heterocycles. The van der Waals surface area contributed by atoms with E-state index in [4.69, 9.17) is 16.6 Å². The number of rotatable bonds is 7. The molecular formula is C19H26ClN3OS. The highest BCUT2D eigenvalue weighted by Gasteiger charge is 2.31. The van der Waals surface area contributed by atoms with Gasteiger partial charge in [0.25, 0.3) is 0 Å². The average Bonchev–Trinajstić information content (AvgIpc) is 2.98. The van der Waals surface area contributed by atoms with E-state index in [0.717, 1.165) is 64.8 Å². The summed E-state index contributed by atoms with van der Waals surface area (Å²) in [5.41, 5.74) is 1.91. The van der Waals surface area contributed by atoms with E-state index in [2.05, 4.69) is 18.7 Å². The van der Waals surface area contributed by atoms with Crippen molar-refractivity contribution >= 4 is 44.2 Å². The molecule has 1 aliphatic carbocycles. The normalized spacial score (nSPS) is 14.9. The van der Waals surface area contributed by atoms with Crippen molar-refractivity contribution in [3.63, 3.8) is 0 Å². The predicted molar refractivity (Wildman–Crippen MR) is 107 cm³/mol. The summed E-state index contributed by atoms with van der Waals surface area (Å²) in [6, 6.07) is 3.91. The zero-order chi connectivity index (χ0) is 18.0. The molecule has 1 fully saturated rings. The van der Waals surface area contributed by atoms with Crippen LogP contribution in [-0.2, 0) is 4.79 Å². The van der Waals surface area contributed by atoms with Gasteiger partial charge in [-0.1, -0.05) is 43.2 Å². The van der Waals surface area contributed by atoms with Crippen molar-refractivity contribution in [2.45, 2.75) is 40.0 Å². The third kappa shape index (κ3) is 3.83. The summed E-state index contributed by atoms with van der Waals surface area (Å²) in [5.74, 6) is 0.412. The maximum atomic E-state index is 13.0. The monoisotopic (exact) mass is 379 g/mol. The van der Waals surface area contributed by atoms with Crippen LogP contribution in [0.4, 0.5) is 5.13 Å². The van der Waals surface area contributed by atoms with Crippen LogP contribution in [0.2, 0.25) is 5.02 Å². The van der Waals surface area contributed by atoms with Crippen molar-refractivity contribution < 1.29 is 4.79 Å². The van der Waals surface area contributed by atoms with Crippen LogP contribution >= 0.6 is 22.9 Å². The summed E-state index contributed by atoms with van der Waals surface area (Å²) >= 11 is 7.83. The number of aromatic nitrogens is 1. The summed E-state index contributed by atoms with van der Waals surface area (Å²) in [5, 5.41) is 1.54. The number of hydrogen-bond donors (Lipinski definition) is 0. The molecule has 25 heavy (non-hydrogen) atoms. The van der Waals surface area contributed by atoms with Gasteiger partial charge in [-0.3, -0.25) is 9.69 Å². The SMILES string of the molecule is CCN(CC)CCN(C(=O)C1CCC1)c1nc2c(C)c(Cl)ccc2s1. The predicted octanol–water partition coefficient (Wildman–Crippen LogP) is 4.73. The maximum Gasteiger partial charge on any atom is 0.231 e. The number of aryl methyl sites for hydroxylation is 1. The Balaban J connectivity index is 1.90. The van der Waals surface area contributed by atoms with Crippen molar-refractivity contribution in [3.8, 4) is 0 Å². The molecule has 0 saturated heterocycles. The highest BCUT2D eigenvalue weighted by atomic mass is 35.5. The van der Waals surface area contributed by atoms with Crippen molar-refractivity contribution in [2.24, 2.45) is 5.92 Å². The topological polar surface area (TPSA) is 36.4 Å². The number of benzene rings is 1. The smallest absolute Gasteiger partial charge is 0.231 e. The van der Waals surface area contributed by atoms with Crippen LogP contribution in [0.25, 0.3) is 10.2 Å². The van der Waals surface area contributed by atoms with E-state index in [-0.39, 0.29) is 11.8 Å². The third-order valence-electron chi connectivity index (χ3n) is 5.22. The summed E-state index contributed by atoms with van der Waals surface area (Å²) in [6.45, 7) is 9.87. The van der Waals surface area contributed by atoms with Gasteiger partial charge in [0.1, 0.15) is 0 Å². The van der Waals surface area contributed by atoms with Gasteiger partial charge in [0, 0.05) is 24.0 Å². The van der Waals surface area contributed by atoms with Crippen molar-refractivity contribution in [3.05, 3.63) is 22.7 Å². The number of anilines is 1. The van der Waals surface area contributed by atoms with Gasteiger partial charge in [-0.25, -0.2) is 4.98 Å². The van der Waals surface area contributed by atoms with Crippen LogP contribution in [-0.4, -0.2) is 42.0 Å². The molecule has 0 atom stereocenters. The average molecular weight is 380 g/mol. The molecule has 1 amide bonds. The van der Waals surface area contributed by atoms with E-state index in [1.807, 2.05) is 24.0 Å². The molecular weight excluding hydrogens is 354 g/mol. The van der Waals surface area contributed by atoms with Crippen LogP contribution in [0.3, 0.4) is 0 Å². The molecule has 4 nitrogen and oxygen atoms in total. The molecule has 0 N–H and O–H groups in total. The van der Waals surface area contributed by atoms with Crippen LogP contribution < -0.4 is 4.90 Å². The number of likely N-dealkylation sites (N-methyl/N-ethyl adjacent to an activating group) is 1. The lowest BCUT2D eigenvalue weighted by molar-refractivity contribution is -0.124. The Morgan fingerprint density at radius 2 is 2.00 bits per heavy atom. The van der Waals surface area contributed by atoms with E-state index < -0.39 is 0 Å². The number of hydrogen-bond acceptors (Lipinski definition) is 4. The summed E-state index contributed by atoms with van der Waals surface area (Å²) in [7, 11) is 0. The number of thiazole rings is 1. The lowest BCUT2D eigenvalue weighted by Gasteiger charge is -2.31. The number of amides is 1. The fourth-order valence-electron chi connectivity index (χ4n) is 3.16. The molecule has 1 aliphatic rings. The second-order valence-electron chi connectivity index (χ2n) is 6.66. The van der Waals surface area contributed by atoms with Crippen LogP contribution in [0.15, 0.2) is 12.1 Å². The molecule has 0 bridgehead atoms. The quantitative estimate of drug-likeness (QED) is 0.697. The third-order valence-corrected chi connectivity index (χ3v) is 6.68.